The summed E-state index contributed by atoms with van der Waals surface area (Å²) in [5, 5.41) is 11.3. The van der Waals surface area contributed by atoms with Crippen molar-refractivity contribution < 1.29 is 4.79 Å². The van der Waals surface area contributed by atoms with Crippen LogP contribution >= 0.6 is 11.6 Å². The number of carbonyl (C=O) groups excluding carboxylic acids is 1. The second kappa shape index (κ2) is 8.37. The molecule has 1 atom stereocenters. The summed E-state index contributed by atoms with van der Waals surface area (Å²) in [6, 6.07) is 17.5. The summed E-state index contributed by atoms with van der Waals surface area (Å²) in [6.45, 7) is 6.15. The minimum absolute atomic E-state index is 0.0387. The van der Waals surface area contributed by atoms with E-state index in [1.54, 1.807) is 4.68 Å². The van der Waals surface area contributed by atoms with Gasteiger partial charge in [0.15, 0.2) is 0 Å². The van der Waals surface area contributed by atoms with Crippen molar-refractivity contribution in [2.45, 2.75) is 26.8 Å². The third kappa shape index (κ3) is 4.96. The van der Waals surface area contributed by atoms with E-state index in [0.717, 1.165) is 16.9 Å². The van der Waals surface area contributed by atoms with Crippen molar-refractivity contribution in [3.8, 4) is 5.69 Å². The highest BCUT2D eigenvalue weighted by atomic mass is 35.5. The van der Waals surface area contributed by atoms with Crippen LogP contribution in [0.1, 0.15) is 29.8 Å². The molecule has 1 unspecified atom stereocenters. The van der Waals surface area contributed by atoms with E-state index in [9.17, 15) is 4.79 Å². The Hall–Kier alpha value is -2.63. The van der Waals surface area contributed by atoms with Gasteiger partial charge in [-0.1, -0.05) is 41.4 Å². The number of rotatable bonds is 6. The van der Waals surface area contributed by atoms with E-state index in [0.29, 0.717) is 10.8 Å². The van der Waals surface area contributed by atoms with Crippen molar-refractivity contribution in [1.82, 2.24) is 15.1 Å². The van der Waals surface area contributed by atoms with Gasteiger partial charge in [0.05, 0.1) is 17.9 Å². The molecule has 0 fully saturated rings. The van der Waals surface area contributed by atoms with Crippen LogP contribution in [0.5, 0.6) is 0 Å². The van der Waals surface area contributed by atoms with Crippen LogP contribution < -0.4 is 10.6 Å². The predicted molar refractivity (Wildman–Crippen MR) is 110 cm³/mol. The average molecular weight is 383 g/mol. The van der Waals surface area contributed by atoms with Gasteiger partial charge < -0.3 is 10.6 Å². The molecule has 140 valence electrons. The summed E-state index contributed by atoms with van der Waals surface area (Å²) in [7, 11) is 0. The van der Waals surface area contributed by atoms with Crippen molar-refractivity contribution in [1.29, 1.82) is 0 Å². The standard InChI is InChI=1S/C21H23ClN4O/c1-14-4-10-19(11-5-14)26-20(12-15(2)25-26)24-21(27)13-23-16(3)17-6-8-18(22)9-7-17/h4-12,16,23H,13H2,1-3H3,(H,24,27). The van der Waals surface area contributed by atoms with E-state index >= 15 is 0 Å². The number of aromatic nitrogens is 2. The molecular formula is C21H23ClN4O. The topological polar surface area (TPSA) is 59.0 Å². The summed E-state index contributed by atoms with van der Waals surface area (Å²) < 4.78 is 1.75. The first-order valence-corrected chi connectivity index (χ1v) is 9.22. The van der Waals surface area contributed by atoms with Gasteiger partial charge in [0.25, 0.3) is 0 Å². The second-order valence-electron chi connectivity index (χ2n) is 6.62. The van der Waals surface area contributed by atoms with Gasteiger partial charge in [-0.25, -0.2) is 4.68 Å². The Morgan fingerprint density at radius 2 is 1.78 bits per heavy atom. The van der Waals surface area contributed by atoms with Crippen molar-refractivity contribution in [2.24, 2.45) is 0 Å². The molecule has 0 aliphatic rings. The normalized spacial score (nSPS) is 12.0. The van der Waals surface area contributed by atoms with Crippen LogP contribution in [0.4, 0.5) is 5.82 Å². The maximum atomic E-state index is 12.4. The van der Waals surface area contributed by atoms with Crippen LogP contribution in [-0.4, -0.2) is 22.2 Å². The van der Waals surface area contributed by atoms with Crippen LogP contribution in [0.3, 0.4) is 0 Å². The van der Waals surface area contributed by atoms with Gasteiger partial charge in [-0.05, 0) is 50.6 Å². The highest BCUT2D eigenvalue weighted by molar-refractivity contribution is 6.30. The third-order valence-corrected chi connectivity index (χ3v) is 4.57. The molecule has 2 N–H and O–H groups in total. The summed E-state index contributed by atoms with van der Waals surface area (Å²) in [6.07, 6.45) is 0. The Bertz CT molecular complexity index is 916. The molecule has 6 heteroatoms. The molecule has 2 aromatic carbocycles. The summed E-state index contributed by atoms with van der Waals surface area (Å²) >= 11 is 5.92. The second-order valence-corrected chi connectivity index (χ2v) is 7.06. The molecule has 0 radical (unpaired) electrons. The van der Waals surface area contributed by atoms with E-state index in [-0.39, 0.29) is 18.5 Å². The van der Waals surface area contributed by atoms with E-state index in [1.165, 1.54) is 5.56 Å². The Morgan fingerprint density at radius 1 is 1.11 bits per heavy atom. The lowest BCUT2D eigenvalue weighted by molar-refractivity contribution is -0.115. The largest absolute Gasteiger partial charge is 0.309 e. The molecule has 1 aromatic heterocycles. The molecule has 3 rings (SSSR count). The number of hydrogen-bond acceptors (Lipinski definition) is 3. The Labute approximate surface area is 164 Å². The quantitative estimate of drug-likeness (QED) is 0.663. The van der Waals surface area contributed by atoms with Gasteiger partial charge in [-0.3, -0.25) is 4.79 Å². The molecule has 1 amide bonds. The van der Waals surface area contributed by atoms with Crippen molar-refractivity contribution >= 4 is 23.3 Å². The number of nitrogens with zero attached hydrogens (tertiary/aromatic N) is 2. The lowest BCUT2D eigenvalue weighted by Gasteiger charge is -2.15. The molecule has 1 heterocycles. The Morgan fingerprint density at radius 3 is 2.44 bits per heavy atom. The average Bonchev–Trinajstić information content (AvgIpc) is 3.01. The van der Waals surface area contributed by atoms with Crippen LogP contribution in [0.2, 0.25) is 5.02 Å². The third-order valence-electron chi connectivity index (χ3n) is 4.32. The predicted octanol–water partition coefficient (Wildman–Crippen LogP) is 4.43. The number of hydrogen-bond donors (Lipinski definition) is 2. The zero-order valence-electron chi connectivity index (χ0n) is 15.7. The molecular weight excluding hydrogens is 360 g/mol. The van der Waals surface area contributed by atoms with E-state index in [4.69, 9.17) is 11.6 Å². The molecule has 0 spiro atoms. The molecule has 0 saturated heterocycles. The SMILES string of the molecule is Cc1ccc(-n2nc(C)cc2NC(=O)CNC(C)c2ccc(Cl)cc2)cc1. The van der Waals surface area contributed by atoms with E-state index in [2.05, 4.69) is 15.7 Å². The Kier molecular flexibility index (Phi) is 5.94. The molecule has 0 aliphatic heterocycles. The number of nitrogens with one attached hydrogen (secondary N) is 2. The van der Waals surface area contributed by atoms with E-state index < -0.39 is 0 Å². The van der Waals surface area contributed by atoms with Gasteiger partial charge >= 0.3 is 0 Å². The van der Waals surface area contributed by atoms with Crippen molar-refractivity contribution in [2.75, 3.05) is 11.9 Å². The van der Waals surface area contributed by atoms with Crippen LogP contribution in [-0.2, 0) is 4.79 Å². The lowest BCUT2D eigenvalue weighted by atomic mass is 10.1. The summed E-state index contributed by atoms with van der Waals surface area (Å²) in [5.41, 5.74) is 4.00. The zero-order valence-corrected chi connectivity index (χ0v) is 16.4. The molecule has 0 saturated carbocycles. The first kappa shape index (κ1) is 19.1. The maximum absolute atomic E-state index is 12.4. The molecule has 3 aromatic rings. The first-order chi connectivity index (χ1) is 12.9. The lowest BCUT2D eigenvalue weighted by Crippen LogP contribution is -2.30. The summed E-state index contributed by atoms with van der Waals surface area (Å²) in [4.78, 5) is 12.4. The van der Waals surface area contributed by atoms with E-state index in [1.807, 2.05) is 75.4 Å². The van der Waals surface area contributed by atoms with Crippen molar-refractivity contribution in [3.63, 3.8) is 0 Å². The van der Waals surface area contributed by atoms with Gasteiger partial charge in [-0.2, -0.15) is 5.10 Å². The molecule has 0 bridgehead atoms. The van der Waals surface area contributed by atoms with Crippen LogP contribution in [0.15, 0.2) is 54.6 Å². The summed E-state index contributed by atoms with van der Waals surface area (Å²) in [5.74, 6) is 0.534. The van der Waals surface area contributed by atoms with Crippen LogP contribution in [0.25, 0.3) is 5.69 Å². The first-order valence-electron chi connectivity index (χ1n) is 8.85. The number of carbonyl (C=O) groups is 1. The van der Waals surface area contributed by atoms with Gasteiger partial charge in [0.2, 0.25) is 5.91 Å². The number of aryl methyl sites for hydroxylation is 2. The fourth-order valence-corrected chi connectivity index (χ4v) is 2.90. The van der Waals surface area contributed by atoms with Gasteiger partial charge in [0.1, 0.15) is 5.82 Å². The molecule has 0 aliphatic carbocycles. The van der Waals surface area contributed by atoms with Gasteiger partial charge in [0, 0.05) is 17.1 Å². The van der Waals surface area contributed by atoms with Crippen LogP contribution in [0, 0.1) is 13.8 Å². The monoisotopic (exact) mass is 382 g/mol. The zero-order chi connectivity index (χ0) is 19.4. The highest BCUT2D eigenvalue weighted by Crippen LogP contribution is 2.18. The number of halogens is 1. The number of benzene rings is 2. The van der Waals surface area contributed by atoms with Gasteiger partial charge in [-0.15, -0.1) is 0 Å². The van der Waals surface area contributed by atoms with Crippen molar-refractivity contribution in [3.05, 3.63) is 76.4 Å². The smallest absolute Gasteiger partial charge is 0.239 e. The minimum atomic E-state index is -0.121. The molecule has 5 nitrogen and oxygen atoms in total. The fourth-order valence-electron chi connectivity index (χ4n) is 2.77. The maximum Gasteiger partial charge on any atom is 0.239 e. The molecule has 27 heavy (non-hydrogen) atoms. The number of amides is 1. The number of anilines is 1. The Balaban J connectivity index is 1.64. The fraction of sp³-hybridized carbons (Fsp3) is 0.238. The highest BCUT2D eigenvalue weighted by Gasteiger charge is 2.12. The minimum Gasteiger partial charge on any atom is -0.309 e.